The highest BCUT2D eigenvalue weighted by Gasteiger charge is 2.35. The SMILES string of the molecule is COc1cc(/C=C2\SC(=O)N(C)C2=O)ccc1Oc1ccc(C#N)cc1C(F)(F)F. The van der Waals surface area contributed by atoms with Crippen LogP contribution in [-0.4, -0.2) is 30.2 Å². The summed E-state index contributed by atoms with van der Waals surface area (Å²) in [5.41, 5.74) is -0.750. The summed E-state index contributed by atoms with van der Waals surface area (Å²) in [6, 6.07) is 9.01. The first kappa shape index (κ1) is 21.3. The molecule has 10 heteroatoms. The molecule has 3 rings (SSSR count). The Balaban J connectivity index is 1.95. The number of amides is 2. The van der Waals surface area contributed by atoms with Crippen molar-refractivity contribution in [2.24, 2.45) is 0 Å². The van der Waals surface area contributed by atoms with Gasteiger partial charge in [0.15, 0.2) is 11.5 Å². The van der Waals surface area contributed by atoms with E-state index in [-0.39, 0.29) is 22.0 Å². The molecule has 0 atom stereocenters. The summed E-state index contributed by atoms with van der Waals surface area (Å²) < 4.78 is 50.7. The molecule has 6 nitrogen and oxygen atoms in total. The smallest absolute Gasteiger partial charge is 0.420 e. The molecule has 2 amide bonds. The largest absolute Gasteiger partial charge is 0.493 e. The zero-order valence-electron chi connectivity index (χ0n) is 15.6. The van der Waals surface area contributed by atoms with Crippen molar-refractivity contribution in [2.75, 3.05) is 14.2 Å². The molecule has 0 saturated carbocycles. The van der Waals surface area contributed by atoms with E-state index >= 15 is 0 Å². The van der Waals surface area contributed by atoms with Gasteiger partial charge in [-0.2, -0.15) is 18.4 Å². The predicted octanol–water partition coefficient (Wildman–Crippen LogP) is 5.04. The fourth-order valence-corrected chi connectivity index (χ4v) is 3.41. The van der Waals surface area contributed by atoms with E-state index in [9.17, 15) is 22.8 Å². The van der Waals surface area contributed by atoms with Gasteiger partial charge in [0.25, 0.3) is 11.1 Å². The number of nitriles is 1. The highest BCUT2D eigenvalue weighted by molar-refractivity contribution is 8.18. The third-order valence-electron chi connectivity index (χ3n) is 4.11. The van der Waals surface area contributed by atoms with Crippen LogP contribution in [0.25, 0.3) is 6.08 Å². The van der Waals surface area contributed by atoms with E-state index in [1.165, 1.54) is 44.5 Å². The average Bonchev–Trinajstić information content (AvgIpc) is 2.95. The standard InChI is InChI=1S/C20H13F3N2O4S/c1-25-18(26)17(30-19(25)27)9-11-3-6-15(16(8-11)28-2)29-14-5-4-12(10-24)7-13(14)20(21,22)23/h3-9H,1-2H3/b17-9-. The van der Waals surface area contributed by atoms with Gasteiger partial charge in [0.1, 0.15) is 5.75 Å². The highest BCUT2D eigenvalue weighted by atomic mass is 32.2. The number of halogens is 3. The van der Waals surface area contributed by atoms with Gasteiger partial charge in [-0.3, -0.25) is 14.5 Å². The second-order valence-electron chi connectivity index (χ2n) is 6.07. The number of rotatable bonds is 4. The van der Waals surface area contributed by atoms with Gasteiger partial charge < -0.3 is 9.47 Å². The lowest BCUT2D eigenvalue weighted by molar-refractivity contribution is -0.138. The maximum absolute atomic E-state index is 13.3. The molecular formula is C20H13F3N2O4S. The Hall–Kier alpha value is -3.45. The Bertz CT molecular complexity index is 1110. The van der Waals surface area contributed by atoms with Crippen molar-refractivity contribution in [3.8, 4) is 23.3 Å². The Labute approximate surface area is 173 Å². The van der Waals surface area contributed by atoms with Crippen molar-refractivity contribution in [3.05, 3.63) is 58.0 Å². The summed E-state index contributed by atoms with van der Waals surface area (Å²) in [6.07, 6.45) is -3.25. The Morgan fingerprint density at radius 2 is 1.80 bits per heavy atom. The maximum atomic E-state index is 13.3. The number of alkyl halides is 3. The van der Waals surface area contributed by atoms with Crippen molar-refractivity contribution in [1.82, 2.24) is 4.90 Å². The Kier molecular flexibility index (Phi) is 5.75. The molecule has 2 aromatic rings. The van der Waals surface area contributed by atoms with Crippen molar-refractivity contribution in [1.29, 1.82) is 5.26 Å². The quantitative estimate of drug-likeness (QED) is 0.627. The van der Waals surface area contributed by atoms with Crippen LogP contribution < -0.4 is 9.47 Å². The van der Waals surface area contributed by atoms with Gasteiger partial charge in [0.2, 0.25) is 0 Å². The molecule has 1 aliphatic rings. The van der Waals surface area contributed by atoms with Gasteiger partial charge in [-0.1, -0.05) is 6.07 Å². The fraction of sp³-hybridized carbons (Fsp3) is 0.150. The van der Waals surface area contributed by atoms with Crippen molar-refractivity contribution in [3.63, 3.8) is 0 Å². The maximum Gasteiger partial charge on any atom is 0.420 e. The minimum absolute atomic E-state index is 0.00783. The van der Waals surface area contributed by atoms with Gasteiger partial charge in [-0.15, -0.1) is 0 Å². The van der Waals surface area contributed by atoms with Gasteiger partial charge in [0, 0.05) is 7.05 Å². The van der Waals surface area contributed by atoms with Gasteiger partial charge >= 0.3 is 6.18 Å². The zero-order chi connectivity index (χ0) is 22.1. The van der Waals surface area contributed by atoms with Gasteiger partial charge in [-0.25, -0.2) is 0 Å². The molecule has 0 aliphatic carbocycles. The molecule has 1 aliphatic heterocycles. The van der Waals surface area contributed by atoms with Crippen LogP contribution in [0.2, 0.25) is 0 Å². The number of imide groups is 1. The number of hydrogen-bond donors (Lipinski definition) is 0. The van der Waals surface area contributed by atoms with Gasteiger partial charge in [0.05, 0.1) is 29.2 Å². The van der Waals surface area contributed by atoms with Crippen LogP contribution in [0.3, 0.4) is 0 Å². The molecule has 1 fully saturated rings. The van der Waals surface area contributed by atoms with E-state index in [4.69, 9.17) is 14.7 Å². The van der Waals surface area contributed by atoms with Crippen LogP contribution >= 0.6 is 11.8 Å². The first-order valence-corrected chi connectivity index (χ1v) is 9.14. The molecule has 2 aromatic carbocycles. The molecule has 154 valence electrons. The molecular weight excluding hydrogens is 421 g/mol. The number of methoxy groups -OCH3 is 1. The third kappa shape index (κ3) is 4.26. The first-order chi connectivity index (χ1) is 14.1. The first-order valence-electron chi connectivity index (χ1n) is 8.33. The van der Waals surface area contributed by atoms with Crippen molar-refractivity contribution < 1.29 is 32.2 Å². The zero-order valence-corrected chi connectivity index (χ0v) is 16.4. The summed E-state index contributed by atoms with van der Waals surface area (Å²) >= 11 is 0.780. The summed E-state index contributed by atoms with van der Waals surface area (Å²) in [6.45, 7) is 0. The number of benzene rings is 2. The predicted molar refractivity (Wildman–Crippen MR) is 103 cm³/mol. The molecule has 0 radical (unpaired) electrons. The van der Waals surface area contributed by atoms with Gasteiger partial charge in [-0.05, 0) is 53.7 Å². The lowest BCUT2D eigenvalue weighted by Crippen LogP contribution is -2.22. The second kappa shape index (κ2) is 8.12. The molecule has 0 spiro atoms. The van der Waals surface area contributed by atoms with Crippen LogP contribution in [0.5, 0.6) is 17.2 Å². The van der Waals surface area contributed by atoms with Crippen molar-refractivity contribution in [2.45, 2.75) is 6.18 Å². The van der Waals surface area contributed by atoms with E-state index in [1.54, 1.807) is 6.07 Å². The van der Waals surface area contributed by atoms with E-state index in [2.05, 4.69) is 0 Å². The van der Waals surface area contributed by atoms with E-state index in [0.717, 1.165) is 22.7 Å². The van der Waals surface area contributed by atoms with Crippen LogP contribution in [0.4, 0.5) is 18.0 Å². The molecule has 0 bridgehead atoms. The molecule has 0 N–H and O–H groups in total. The fourth-order valence-electron chi connectivity index (χ4n) is 2.58. The van der Waals surface area contributed by atoms with Crippen LogP contribution in [0, 0.1) is 11.3 Å². The molecule has 30 heavy (non-hydrogen) atoms. The second-order valence-corrected chi connectivity index (χ2v) is 7.07. The van der Waals surface area contributed by atoms with Crippen molar-refractivity contribution >= 4 is 29.0 Å². The third-order valence-corrected chi connectivity index (χ3v) is 5.07. The summed E-state index contributed by atoms with van der Waals surface area (Å²) in [4.78, 5) is 24.8. The van der Waals surface area contributed by atoms with Crippen LogP contribution in [0.1, 0.15) is 16.7 Å². The number of ether oxygens (including phenoxy) is 2. The van der Waals surface area contributed by atoms with E-state index < -0.39 is 28.6 Å². The highest BCUT2D eigenvalue weighted by Crippen LogP contribution is 2.41. The molecule has 1 saturated heterocycles. The summed E-state index contributed by atoms with van der Waals surface area (Å²) in [5.74, 6) is -0.804. The number of nitrogens with zero attached hydrogens (tertiary/aromatic N) is 2. The summed E-state index contributed by atoms with van der Waals surface area (Å²) in [7, 11) is 2.68. The molecule has 1 heterocycles. The minimum Gasteiger partial charge on any atom is -0.493 e. The number of hydrogen-bond acceptors (Lipinski definition) is 6. The average molecular weight is 434 g/mol. The topological polar surface area (TPSA) is 79.6 Å². The Morgan fingerprint density at radius 1 is 1.10 bits per heavy atom. The lowest BCUT2D eigenvalue weighted by Gasteiger charge is -2.16. The Morgan fingerprint density at radius 3 is 2.37 bits per heavy atom. The van der Waals surface area contributed by atoms with E-state index in [0.29, 0.717) is 11.6 Å². The molecule has 0 unspecified atom stereocenters. The number of likely N-dealkylation sites (N-methyl/N-ethyl adjacent to an activating group) is 1. The summed E-state index contributed by atoms with van der Waals surface area (Å²) in [5, 5.41) is 8.45. The van der Waals surface area contributed by atoms with Crippen LogP contribution in [-0.2, 0) is 11.0 Å². The minimum atomic E-state index is -4.72. The monoisotopic (exact) mass is 434 g/mol. The number of carbonyl (C=O) groups excluding carboxylic acids is 2. The normalized spacial score (nSPS) is 15.5. The lowest BCUT2D eigenvalue weighted by atomic mass is 10.1. The van der Waals surface area contributed by atoms with Crippen LogP contribution in [0.15, 0.2) is 41.3 Å². The molecule has 0 aromatic heterocycles. The van der Waals surface area contributed by atoms with E-state index in [1.807, 2.05) is 0 Å². The number of carbonyl (C=O) groups is 2. The number of thioether (sulfide) groups is 1.